The quantitative estimate of drug-likeness (QED) is 0.255. The largest absolute Gasteiger partial charge is 0.465 e. The highest BCUT2D eigenvalue weighted by atomic mass is 28.3. The summed E-state index contributed by atoms with van der Waals surface area (Å²) < 4.78 is 5.20. The predicted molar refractivity (Wildman–Crippen MR) is 120 cm³/mol. The normalized spacial score (nSPS) is 11.0. The van der Waals surface area contributed by atoms with Gasteiger partial charge in [-0.1, -0.05) is 110 Å². The zero-order valence-corrected chi connectivity index (χ0v) is 17.9. The Kier molecular flexibility index (Phi) is 5.95. The molecular weight excluding hydrogens is 360 g/mol. The number of hydrogen-bond donors (Lipinski definition) is 0. The van der Waals surface area contributed by atoms with E-state index in [1.165, 1.54) is 12.3 Å². The Labute approximate surface area is 168 Å². The van der Waals surface area contributed by atoms with Gasteiger partial charge < -0.3 is 4.74 Å². The minimum absolute atomic E-state index is 0.330. The summed E-state index contributed by atoms with van der Waals surface area (Å²) in [6.45, 7) is 6.95. The lowest BCUT2D eigenvalue weighted by atomic mass is 9.89. The Morgan fingerprint density at radius 3 is 1.54 bits per heavy atom. The Balaban J connectivity index is 2.29. The molecule has 3 aromatic carbocycles. The summed E-state index contributed by atoms with van der Waals surface area (Å²) in [6.07, 6.45) is 0. The number of ether oxygens (including phenoxy) is 1. The maximum absolute atomic E-state index is 12.9. The molecule has 0 heterocycles. The molecule has 0 aliphatic rings. The van der Waals surface area contributed by atoms with Crippen molar-refractivity contribution in [1.82, 2.24) is 0 Å². The smallest absolute Gasteiger partial charge is 0.339 e. The topological polar surface area (TPSA) is 26.3 Å². The summed E-state index contributed by atoms with van der Waals surface area (Å²) in [7, 11) is 0.0231. The van der Waals surface area contributed by atoms with Crippen molar-refractivity contribution in [2.75, 3.05) is 7.11 Å². The van der Waals surface area contributed by atoms with Crippen LogP contribution in [0.5, 0.6) is 0 Å². The lowest BCUT2D eigenvalue weighted by molar-refractivity contribution is -0.133. The Morgan fingerprint density at radius 2 is 1.14 bits per heavy atom. The molecule has 0 amide bonds. The third kappa shape index (κ3) is 4.32. The van der Waals surface area contributed by atoms with Crippen LogP contribution < -0.4 is 5.19 Å². The maximum Gasteiger partial charge on any atom is 0.339 e. The Hall–Kier alpha value is -2.91. The fourth-order valence-corrected chi connectivity index (χ4v) is 4.43. The van der Waals surface area contributed by atoms with E-state index in [1.54, 1.807) is 0 Å². The van der Waals surface area contributed by atoms with Gasteiger partial charge in [0.1, 0.15) is 0 Å². The second-order valence-electron chi connectivity index (χ2n) is 7.80. The first kappa shape index (κ1) is 19.8. The Bertz CT molecular complexity index is 925. The maximum atomic E-state index is 12.9. The number of benzene rings is 3. The summed E-state index contributed by atoms with van der Waals surface area (Å²) in [5, 5.41) is 1.36. The molecule has 0 radical (unpaired) electrons. The van der Waals surface area contributed by atoms with Gasteiger partial charge in [-0.3, -0.25) is 0 Å². The molecular formula is C25H26O2Si. The van der Waals surface area contributed by atoms with E-state index in [0.717, 1.165) is 22.3 Å². The molecule has 0 fully saturated rings. The molecule has 3 heteroatoms. The fraction of sp³-hybridized carbons (Fsp3) is 0.160. The zero-order chi connectivity index (χ0) is 20.1. The minimum atomic E-state index is -1.41. The second kappa shape index (κ2) is 8.40. The zero-order valence-electron chi connectivity index (χ0n) is 16.9. The highest BCUT2D eigenvalue weighted by Crippen LogP contribution is 2.33. The van der Waals surface area contributed by atoms with E-state index in [1.807, 2.05) is 72.8 Å². The van der Waals surface area contributed by atoms with Crippen LogP contribution in [0.2, 0.25) is 19.6 Å². The molecule has 0 bridgehead atoms. The molecule has 0 aliphatic carbocycles. The van der Waals surface area contributed by atoms with Crippen molar-refractivity contribution in [2.45, 2.75) is 19.6 Å². The molecule has 142 valence electrons. The number of methoxy groups -OCH3 is 1. The summed E-state index contributed by atoms with van der Waals surface area (Å²) in [5.74, 6) is -0.330. The van der Waals surface area contributed by atoms with E-state index in [2.05, 4.69) is 31.8 Å². The van der Waals surface area contributed by atoms with Gasteiger partial charge >= 0.3 is 5.97 Å². The van der Waals surface area contributed by atoms with Crippen molar-refractivity contribution in [3.8, 4) is 0 Å². The molecule has 0 unspecified atom stereocenters. The average Bonchev–Trinajstić information content (AvgIpc) is 2.72. The standard InChI is InChI=1S/C25H26O2Si/c1-27-25(26)24(21-15-17-22(18-16-21)28(2,3)4)23(19-11-7-5-8-12-19)20-13-9-6-10-14-20/h5-18H,1-4H3. The highest BCUT2D eigenvalue weighted by Gasteiger charge is 2.22. The third-order valence-electron chi connectivity index (χ3n) is 4.80. The van der Waals surface area contributed by atoms with E-state index < -0.39 is 8.07 Å². The van der Waals surface area contributed by atoms with Gasteiger partial charge in [0.05, 0.1) is 20.8 Å². The van der Waals surface area contributed by atoms with Crippen molar-refractivity contribution in [2.24, 2.45) is 0 Å². The molecule has 0 aliphatic heterocycles. The lowest BCUT2D eigenvalue weighted by Gasteiger charge is -2.19. The van der Waals surface area contributed by atoms with Gasteiger partial charge in [0, 0.05) is 5.57 Å². The van der Waals surface area contributed by atoms with Gasteiger partial charge in [0.25, 0.3) is 0 Å². The first-order valence-corrected chi connectivity index (χ1v) is 13.0. The van der Waals surface area contributed by atoms with E-state index in [4.69, 9.17) is 4.74 Å². The van der Waals surface area contributed by atoms with E-state index in [-0.39, 0.29) is 5.97 Å². The van der Waals surface area contributed by atoms with Crippen LogP contribution in [0.4, 0.5) is 0 Å². The van der Waals surface area contributed by atoms with Gasteiger partial charge in [-0.25, -0.2) is 4.79 Å². The van der Waals surface area contributed by atoms with Crippen LogP contribution in [0.15, 0.2) is 84.9 Å². The first-order chi connectivity index (χ1) is 13.4. The fourth-order valence-electron chi connectivity index (χ4n) is 3.27. The predicted octanol–water partition coefficient (Wildman–Crippen LogP) is 5.36. The molecule has 0 N–H and O–H groups in total. The van der Waals surface area contributed by atoms with Crippen LogP contribution in [-0.4, -0.2) is 21.2 Å². The summed E-state index contributed by atoms with van der Waals surface area (Å²) >= 11 is 0. The monoisotopic (exact) mass is 386 g/mol. The lowest BCUT2D eigenvalue weighted by Crippen LogP contribution is -2.37. The number of esters is 1. The second-order valence-corrected chi connectivity index (χ2v) is 12.9. The molecule has 28 heavy (non-hydrogen) atoms. The molecule has 3 aromatic rings. The molecule has 0 saturated heterocycles. The number of rotatable bonds is 5. The van der Waals surface area contributed by atoms with Crippen LogP contribution in [0.1, 0.15) is 16.7 Å². The number of carbonyl (C=O) groups excluding carboxylic acids is 1. The van der Waals surface area contributed by atoms with Crippen LogP contribution in [0, 0.1) is 0 Å². The average molecular weight is 387 g/mol. The molecule has 0 spiro atoms. The molecule has 2 nitrogen and oxygen atoms in total. The summed E-state index contributed by atoms with van der Waals surface area (Å²) in [4.78, 5) is 12.9. The SMILES string of the molecule is COC(=O)C(=C(c1ccccc1)c1ccccc1)c1ccc([Si](C)(C)C)cc1. The van der Waals surface area contributed by atoms with Crippen LogP contribution in [0.3, 0.4) is 0 Å². The van der Waals surface area contributed by atoms with Crippen molar-refractivity contribution in [1.29, 1.82) is 0 Å². The molecule has 0 atom stereocenters. The molecule has 0 saturated carbocycles. The molecule has 3 rings (SSSR count). The Morgan fingerprint density at radius 1 is 0.679 bits per heavy atom. The number of hydrogen-bond acceptors (Lipinski definition) is 2. The van der Waals surface area contributed by atoms with Crippen LogP contribution in [0.25, 0.3) is 11.1 Å². The summed E-state index contributed by atoms with van der Waals surface area (Å²) in [5.41, 5.74) is 4.32. The van der Waals surface area contributed by atoms with Crippen molar-refractivity contribution in [3.63, 3.8) is 0 Å². The van der Waals surface area contributed by atoms with Gasteiger partial charge in [0.15, 0.2) is 0 Å². The van der Waals surface area contributed by atoms with Crippen LogP contribution in [-0.2, 0) is 9.53 Å². The third-order valence-corrected chi connectivity index (χ3v) is 6.87. The minimum Gasteiger partial charge on any atom is -0.465 e. The van der Waals surface area contributed by atoms with Crippen LogP contribution >= 0.6 is 0 Å². The first-order valence-electron chi connectivity index (χ1n) is 9.46. The van der Waals surface area contributed by atoms with E-state index >= 15 is 0 Å². The van der Waals surface area contributed by atoms with Crippen molar-refractivity contribution in [3.05, 3.63) is 102 Å². The van der Waals surface area contributed by atoms with Gasteiger partial charge in [0.2, 0.25) is 0 Å². The number of carbonyl (C=O) groups is 1. The van der Waals surface area contributed by atoms with Crippen molar-refractivity contribution >= 4 is 30.4 Å². The van der Waals surface area contributed by atoms with E-state index in [0.29, 0.717) is 5.57 Å². The van der Waals surface area contributed by atoms with Gasteiger partial charge in [-0.2, -0.15) is 0 Å². The van der Waals surface area contributed by atoms with Crippen molar-refractivity contribution < 1.29 is 9.53 Å². The summed E-state index contributed by atoms with van der Waals surface area (Å²) in [6, 6.07) is 28.4. The molecule has 0 aromatic heterocycles. The van der Waals surface area contributed by atoms with Gasteiger partial charge in [-0.15, -0.1) is 0 Å². The highest BCUT2D eigenvalue weighted by molar-refractivity contribution is 6.88. The van der Waals surface area contributed by atoms with Gasteiger partial charge in [-0.05, 0) is 16.7 Å². The van der Waals surface area contributed by atoms with E-state index in [9.17, 15) is 4.79 Å².